The third kappa shape index (κ3) is 6.60. The molecule has 1 atom stereocenters. The maximum atomic E-state index is 12.8. The molecule has 3 rings (SSSR count). The van der Waals surface area contributed by atoms with E-state index < -0.39 is 0 Å². The number of aryl methyl sites for hydroxylation is 2. The molecule has 0 saturated carbocycles. The summed E-state index contributed by atoms with van der Waals surface area (Å²) in [6, 6.07) is 14.8. The largest absolute Gasteiger partial charge is 0.342 e. The molecule has 35 heavy (non-hydrogen) atoms. The second-order valence-electron chi connectivity index (χ2n) is 8.60. The van der Waals surface area contributed by atoms with Gasteiger partial charge in [-0.15, -0.1) is 16.8 Å². The number of aromatic nitrogens is 3. The van der Waals surface area contributed by atoms with Crippen LogP contribution in [-0.2, 0) is 17.8 Å². The summed E-state index contributed by atoms with van der Waals surface area (Å²) >= 11 is 1.32. The standard InChI is InChI=1S/C27H33N5O2S/c1-6-16-32-25(23(18(3)4)29-26(34)21-13-9-8-10-14-21)30-31-27(32)35-17-22(33)28-24-19(5)12-11-15-20(24)7-2/h6,8-15,18,23H,1,7,16-17H2,2-5H3,(H,28,33)(H,29,34)/t23-/m0/s1. The summed E-state index contributed by atoms with van der Waals surface area (Å²) in [5.41, 5.74) is 3.60. The first-order valence-electron chi connectivity index (χ1n) is 11.8. The first-order chi connectivity index (χ1) is 16.8. The van der Waals surface area contributed by atoms with Crippen molar-refractivity contribution in [1.82, 2.24) is 20.1 Å². The van der Waals surface area contributed by atoms with Crippen molar-refractivity contribution in [3.8, 4) is 0 Å². The Morgan fingerprint density at radius 2 is 1.86 bits per heavy atom. The molecule has 0 saturated heterocycles. The average Bonchev–Trinajstić information content (AvgIpc) is 3.25. The third-order valence-electron chi connectivity index (χ3n) is 5.66. The first kappa shape index (κ1) is 26.2. The van der Waals surface area contributed by atoms with Crippen molar-refractivity contribution in [2.45, 2.75) is 51.9 Å². The van der Waals surface area contributed by atoms with E-state index in [1.54, 1.807) is 18.2 Å². The number of nitrogens with zero attached hydrogens (tertiary/aromatic N) is 3. The van der Waals surface area contributed by atoms with Crippen LogP contribution in [0.15, 0.2) is 66.3 Å². The lowest BCUT2D eigenvalue weighted by atomic mass is 10.0. The molecular weight excluding hydrogens is 458 g/mol. The van der Waals surface area contributed by atoms with Gasteiger partial charge in [0.05, 0.1) is 11.8 Å². The molecule has 7 nitrogen and oxygen atoms in total. The fraction of sp³-hybridized carbons (Fsp3) is 0.333. The van der Waals surface area contributed by atoms with Gasteiger partial charge in [-0.1, -0.05) is 75.0 Å². The van der Waals surface area contributed by atoms with Gasteiger partial charge in [-0.2, -0.15) is 0 Å². The number of hydrogen-bond donors (Lipinski definition) is 2. The Hall–Kier alpha value is -3.39. The lowest BCUT2D eigenvalue weighted by molar-refractivity contribution is -0.113. The summed E-state index contributed by atoms with van der Waals surface area (Å²) in [5, 5.41) is 15.5. The van der Waals surface area contributed by atoms with Crippen LogP contribution in [0.3, 0.4) is 0 Å². The highest BCUT2D eigenvalue weighted by Gasteiger charge is 2.26. The smallest absolute Gasteiger partial charge is 0.251 e. The van der Waals surface area contributed by atoms with Crippen LogP contribution >= 0.6 is 11.8 Å². The molecule has 0 aliphatic carbocycles. The molecule has 3 aromatic rings. The van der Waals surface area contributed by atoms with E-state index in [1.807, 2.05) is 61.7 Å². The van der Waals surface area contributed by atoms with E-state index in [4.69, 9.17) is 0 Å². The fourth-order valence-corrected chi connectivity index (χ4v) is 4.54. The van der Waals surface area contributed by atoms with Crippen molar-refractivity contribution in [3.05, 3.63) is 83.7 Å². The molecule has 8 heteroatoms. The van der Waals surface area contributed by atoms with Crippen molar-refractivity contribution in [1.29, 1.82) is 0 Å². The molecule has 1 heterocycles. The van der Waals surface area contributed by atoms with E-state index in [1.165, 1.54) is 11.8 Å². The van der Waals surface area contributed by atoms with Crippen LogP contribution < -0.4 is 10.6 Å². The number of thioether (sulfide) groups is 1. The summed E-state index contributed by atoms with van der Waals surface area (Å²) < 4.78 is 1.91. The van der Waals surface area contributed by atoms with E-state index in [-0.39, 0.29) is 29.5 Å². The third-order valence-corrected chi connectivity index (χ3v) is 6.63. The predicted octanol–water partition coefficient (Wildman–Crippen LogP) is 5.19. The molecule has 2 amide bonds. The number of amides is 2. The molecule has 0 unspecified atom stereocenters. The van der Waals surface area contributed by atoms with Gasteiger partial charge in [0.1, 0.15) is 0 Å². The van der Waals surface area contributed by atoms with Crippen LogP contribution in [0.2, 0.25) is 0 Å². The van der Waals surface area contributed by atoms with Crippen LogP contribution in [0, 0.1) is 12.8 Å². The number of rotatable bonds is 11. The maximum Gasteiger partial charge on any atom is 0.251 e. The van der Waals surface area contributed by atoms with Gasteiger partial charge >= 0.3 is 0 Å². The number of carbonyl (C=O) groups is 2. The van der Waals surface area contributed by atoms with Crippen molar-refractivity contribution in [3.63, 3.8) is 0 Å². The molecule has 0 aliphatic rings. The van der Waals surface area contributed by atoms with Gasteiger partial charge in [0, 0.05) is 17.8 Å². The molecule has 0 fully saturated rings. The molecule has 0 radical (unpaired) electrons. The predicted molar refractivity (Wildman–Crippen MR) is 142 cm³/mol. The molecule has 0 aliphatic heterocycles. The lowest BCUT2D eigenvalue weighted by Gasteiger charge is -2.22. The minimum absolute atomic E-state index is 0.0742. The van der Waals surface area contributed by atoms with E-state index in [9.17, 15) is 9.59 Å². The normalized spacial score (nSPS) is 11.8. The summed E-state index contributed by atoms with van der Waals surface area (Å²) in [6.07, 6.45) is 2.60. The Bertz CT molecular complexity index is 1170. The summed E-state index contributed by atoms with van der Waals surface area (Å²) in [7, 11) is 0. The zero-order valence-corrected chi connectivity index (χ0v) is 21.6. The monoisotopic (exact) mass is 491 g/mol. The number of anilines is 1. The Morgan fingerprint density at radius 1 is 1.11 bits per heavy atom. The van der Waals surface area contributed by atoms with Crippen molar-refractivity contribution < 1.29 is 9.59 Å². The van der Waals surface area contributed by atoms with Gasteiger partial charge in [0.2, 0.25) is 5.91 Å². The van der Waals surface area contributed by atoms with Gasteiger partial charge in [-0.3, -0.25) is 9.59 Å². The van der Waals surface area contributed by atoms with E-state index in [0.29, 0.717) is 23.1 Å². The summed E-state index contributed by atoms with van der Waals surface area (Å²) in [4.78, 5) is 25.6. The van der Waals surface area contributed by atoms with E-state index in [0.717, 1.165) is 23.2 Å². The molecule has 2 N–H and O–H groups in total. The lowest BCUT2D eigenvalue weighted by Crippen LogP contribution is -2.33. The van der Waals surface area contributed by atoms with Crippen molar-refractivity contribution in [2.24, 2.45) is 5.92 Å². The minimum Gasteiger partial charge on any atom is -0.342 e. The summed E-state index contributed by atoms with van der Waals surface area (Å²) in [5.74, 6) is 0.627. The maximum absolute atomic E-state index is 12.8. The highest BCUT2D eigenvalue weighted by Crippen LogP contribution is 2.26. The van der Waals surface area contributed by atoms with E-state index >= 15 is 0 Å². The number of benzene rings is 2. The average molecular weight is 492 g/mol. The van der Waals surface area contributed by atoms with Gasteiger partial charge in [-0.25, -0.2) is 0 Å². The number of carbonyl (C=O) groups excluding carboxylic acids is 2. The molecule has 184 valence electrons. The first-order valence-corrected chi connectivity index (χ1v) is 12.7. The van der Waals surface area contributed by atoms with Crippen LogP contribution in [0.1, 0.15) is 54.1 Å². The topological polar surface area (TPSA) is 88.9 Å². The highest BCUT2D eigenvalue weighted by atomic mass is 32.2. The second kappa shape index (κ2) is 12.4. The highest BCUT2D eigenvalue weighted by molar-refractivity contribution is 7.99. The number of para-hydroxylation sites is 1. The van der Waals surface area contributed by atoms with Gasteiger partial charge in [0.25, 0.3) is 5.91 Å². The molecule has 0 spiro atoms. The molecule has 0 bridgehead atoms. The van der Waals surface area contributed by atoms with Gasteiger partial charge < -0.3 is 15.2 Å². The van der Waals surface area contributed by atoms with Gasteiger partial charge in [0.15, 0.2) is 11.0 Å². The van der Waals surface area contributed by atoms with Crippen LogP contribution in [0.5, 0.6) is 0 Å². The Labute approximate surface area is 211 Å². The summed E-state index contributed by atoms with van der Waals surface area (Å²) in [6.45, 7) is 12.4. The SMILES string of the molecule is C=CCn1c(SCC(=O)Nc2c(C)cccc2CC)nnc1[C@@H](NC(=O)c1ccccc1)C(C)C. The number of allylic oxidation sites excluding steroid dienone is 1. The second-order valence-corrected chi connectivity index (χ2v) is 9.54. The molecule has 2 aromatic carbocycles. The zero-order chi connectivity index (χ0) is 25.4. The van der Waals surface area contributed by atoms with Crippen molar-refractivity contribution in [2.75, 3.05) is 11.1 Å². The number of hydrogen-bond acceptors (Lipinski definition) is 5. The van der Waals surface area contributed by atoms with Crippen molar-refractivity contribution >= 4 is 29.3 Å². The van der Waals surface area contributed by atoms with E-state index in [2.05, 4.69) is 34.3 Å². The zero-order valence-electron chi connectivity index (χ0n) is 20.7. The Balaban J connectivity index is 1.76. The van der Waals surface area contributed by atoms with Crippen LogP contribution in [0.4, 0.5) is 5.69 Å². The molecular formula is C27H33N5O2S. The fourth-order valence-electron chi connectivity index (χ4n) is 3.79. The molecule has 1 aromatic heterocycles. The minimum atomic E-state index is -0.350. The van der Waals surface area contributed by atoms with Gasteiger partial charge in [-0.05, 0) is 42.5 Å². The van der Waals surface area contributed by atoms with Crippen LogP contribution in [-0.4, -0.2) is 32.3 Å². The number of nitrogens with one attached hydrogen (secondary N) is 2. The Morgan fingerprint density at radius 3 is 2.51 bits per heavy atom. The quantitative estimate of drug-likeness (QED) is 0.285. The van der Waals surface area contributed by atoms with Crippen LogP contribution in [0.25, 0.3) is 0 Å². The Kier molecular flexibility index (Phi) is 9.25.